The molecule has 0 amide bonds. The number of unbranched alkanes of at least 4 members (excludes halogenated alkanes) is 1. The summed E-state index contributed by atoms with van der Waals surface area (Å²) in [4.78, 5) is 0. The van der Waals surface area contributed by atoms with Crippen LogP contribution in [0.1, 0.15) is 52.9 Å². The monoisotopic (exact) mass is 153 g/mol. The first kappa shape index (κ1) is 10.7. The van der Waals surface area contributed by atoms with Crippen molar-refractivity contribution in [2.45, 2.75) is 52.9 Å². The molecule has 0 fully saturated rings. The molecule has 0 aromatic carbocycles. The molecule has 0 nitrogen and oxygen atoms in total. The lowest BCUT2D eigenvalue weighted by atomic mass is 9.97. The first-order chi connectivity index (χ1) is 5.16. The van der Waals surface area contributed by atoms with Gasteiger partial charge in [0.2, 0.25) is 0 Å². The summed E-state index contributed by atoms with van der Waals surface area (Å²) < 4.78 is 0. The summed E-state index contributed by atoms with van der Waals surface area (Å²) in [6, 6.07) is 0. The Labute approximate surface area is 71.7 Å². The van der Waals surface area contributed by atoms with Crippen molar-refractivity contribution in [1.29, 1.82) is 0 Å². The van der Waals surface area contributed by atoms with E-state index in [1.807, 2.05) is 6.92 Å². The topological polar surface area (TPSA) is 0 Å². The molecule has 0 saturated carbocycles. The molecule has 0 N–H and O–H groups in total. The van der Waals surface area contributed by atoms with Gasteiger partial charge in [0.1, 0.15) is 0 Å². The van der Waals surface area contributed by atoms with Crippen LogP contribution in [0.25, 0.3) is 0 Å². The van der Waals surface area contributed by atoms with Crippen LogP contribution in [-0.4, -0.2) is 0 Å². The molecule has 0 aromatic heterocycles. The summed E-state index contributed by atoms with van der Waals surface area (Å²) in [7, 11) is 0. The van der Waals surface area contributed by atoms with E-state index in [2.05, 4.69) is 13.8 Å². The second-order valence-electron chi connectivity index (χ2n) is 3.63. The van der Waals surface area contributed by atoms with Gasteiger partial charge in [-0.25, -0.2) is 0 Å². The Bertz CT molecular complexity index is 103. The molecule has 0 aliphatic rings. The summed E-state index contributed by atoms with van der Waals surface area (Å²) in [5.41, 5.74) is 1.08. The lowest BCUT2D eigenvalue weighted by Gasteiger charge is -2.09. The summed E-state index contributed by atoms with van der Waals surface area (Å²) in [5.74, 6) is 0.855. The quantitative estimate of drug-likeness (QED) is 0.541. The molecule has 0 aromatic rings. The van der Waals surface area contributed by atoms with E-state index in [4.69, 9.17) is 6.58 Å². The van der Waals surface area contributed by atoms with Gasteiger partial charge in [-0.3, -0.25) is 0 Å². The van der Waals surface area contributed by atoms with Crippen molar-refractivity contribution in [1.82, 2.24) is 0 Å². The van der Waals surface area contributed by atoms with Gasteiger partial charge in [-0.2, -0.15) is 0 Å². The van der Waals surface area contributed by atoms with Gasteiger partial charge in [0.25, 0.3) is 0 Å². The zero-order valence-electron chi connectivity index (χ0n) is 8.19. The van der Waals surface area contributed by atoms with Crippen LogP contribution < -0.4 is 0 Å². The third kappa shape index (κ3) is 7.64. The van der Waals surface area contributed by atoms with Gasteiger partial charge in [-0.15, -0.1) is 0 Å². The van der Waals surface area contributed by atoms with Gasteiger partial charge < -0.3 is 0 Å². The third-order valence-electron chi connectivity index (χ3n) is 2.08. The number of hydrogen-bond acceptors (Lipinski definition) is 0. The minimum atomic E-state index is 0.855. The number of hydrogen-bond donors (Lipinski definition) is 0. The van der Waals surface area contributed by atoms with Crippen molar-refractivity contribution in [3.05, 3.63) is 12.2 Å². The van der Waals surface area contributed by atoms with Gasteiger partial charge in [-0.1, -0.05) is 45.3 Å². The van der Waals surface area contributed by atoms with Gasteiger partial charge in [0.15, 0.2) is 0 Å². The van der Waals surface area contributed by atoms with Crippen molar-refractivity contribution in [2.75, 3.05) is 0 Å². The summed E-state index contributed by atoms with van der Waals surface area (Å²) in [6.07, 6.45) is 6.41. The smallest absolute Gasteiger partial charge is 0.0317 e. The van der Waals surface area contributed by atoms with Crippen LogP contribution in [0.3, 0.4) is 0 Å². The van der Waals surface area contributed by atoms with E-state index < -0.39 is 0 Å². The summed E-state index contributed by atoms with van der Waals surface area (Å²) >= 11 is 0. The Morgan fingerprint density at radius 3 is 2.45 bits per heavy atom. The molecule has 0 heteroatoms. The molecule has 0 aliphatic heterocycles. The molecule has 1 radical (unpaired) electrons. The third-order valence-corrected chi connectivity index (χ3v) is 2.08. The Kier molecular flexibility index (Phi) is 6.30. The maximum atomic E-state index is 5.59. The second-order valence-corrected chi connectivity index (χ2v) is 3.63. The molecule has 1 unspecified atom stereocenters. The zero-order chi connectivity index (χ0) is 8.69. The number of allylic oxidation sites excluding steroid dienone is 1. The minimum Gasteiger partial charge on any atom is -0.0733 e. The van der Waals surface area contributed by atoms with Crippen molar-refractivity contribution >= 4 is 0 Å². The predicted octanol–water partition coefficient (Wildman–Crippen LogP) is 3.97. The molecule has 0 heterocycles. The van der Waals surface area contributed by atoms with E-state index in [0.29, 0.717) is 0 Å². The Morgan fingerprint density at radius 2 is 2.00 bits per heavy atom. The van der Waals surface area contributed by atoms with E-state index in [1.165, 1.54) is 25.7 Å². The Balaban J connectivity index is 3.22. The van der Waals surface area contributed by atoms with Crippen LogP contribution >= 0.6 is 0 Å². The molecular formula is C11H21. The fraction of sp³-hybridized carbons (Fsp3) is 0.818. The molecule has 0 rings (SSSR count). The fourth-order valence-corrected chi connectivity index (χ4v) is 1.17. The van der Waals surface area contributed by atoms with Crippen molar-refractivity contribution < 1.29 is 0 Å². The Morgan fingerprint density at radius 1 is 1.36 bits per heavy atom. The van der Waals surface area contributed by atoms with Gasteiger partial charge in [0, 0.05) is 0 Å². The highest BCUT2D eigenvalue weighted by molar-refractivity contribution is 4.84. The SMILES string of the molecule is [CH]=C(C)CCC(C)CCCC. The van der Waals surface area contributed by atoms with E-state index >= 15 is 0 Å². The molecule has 0 aliphatic carbocycles. The van der Waals surface area contributed by atoms with Crippen molar-refractivity contribution in [3.8, 4) is 0 Å². The summed E-state index contributed by atoms with van der Waals surface area (Å²) in [6.45, 7) is 12.2. The molecule has 0 spiro atoms. The highest BCUT2D eigenvalue weighted by atomic mass is 14.1. The average Bonchev–Trinajstić information content (AvgIpc) is 1.97. The molecule has 65 valence electrons. The highest BCUT2D eigenvalue weighted by Crippen LogP contribution is 2.15. The first-order valence-corrected chi connectivity index (χ1v) is 4.74. The first-order valence-electron chi connectivity index (χ1n) is 4.74. The largest absolute Gasteiger partial charge is 0.0733 e. The molecule has 11 heavy (non-hydrogen) atoms. The maximum Gasteiger partial charge on any atom is -0.0317 e. The van der Waals surface area contributed by atoms with Crippen LogP contribution in [0.4, 0.5) is 0 Å². The van der Waals surface area contributed by atoms with Crippen LogP contribution in [0.2, 0.25) is 0 Å². The minimum absolute atomic E-state index is 0.855. The Hall–Kier alpha value is -0.260. The lowest BCUT2D eigenvalue weighted by molar-refractivity contribution is 0.471. The standard InChI is InChI=1S/C11H21/c1-5-6-7-11(4)9-8-10(2)3/h2,11H,5-9H2,1,3-4H3. The fourth-order valence-electron chi connectivity index (χ4n) is 1.17. The van der Waals surface area contributed by atoms with Crippen LogP contribution in [0.15, 0.2) is 5.57 Å². The average molecular weight is 153 g/mol. The van der Waals surface area contributed by atoms with Crippen LogP contribution in [-0.2, 0) is 0 Å². The predicted molar refractivity (Wildman–Crippen MR) is 51.4 cm³/mol. The lowest BCUT2D eigenvalue weighted by Crippen LogP contribution is -1.94. The van der Waals surface area contributed by atoms with Gasteiger partial charge in [-0.05, 0) is 25.7 Å². The number of rotatable bonds is 6. The van der Waals surface area contributed by atoms with E-state index in [9.17, 15) is 0 Å². The highest BCUT2D eigenvalue weighted by Gasteiger charge is 2.00. The molecule has 0 bridgehead atoms. The molecular weight excluding hydrogens is 132 g/mol. The van der Waals surface area contributed by atoms with Gasteiger partial charge in [0.05, 0.1) is 0 Å². The molecule has 0 saturated heterocycles. The normalized spacial score (nSPS) is 13.0. The second kappa shape index (κ2) is 6.45. The van der Waals surface area contributed by atoms with E-state index in [0.717, 1.165) is 17.9 Å². The summed E-state index contributed by atoms with van der Waals surface area (Å²) in [5, 5.41) is 0. The van der Waals surface area contributed by atoms with Crippen LogP contribution in [0, 0.1) is 12.5 Å². The maximum absolute atomic E-state index is 5.59. The van der Waals surface area contributed by atoms with Crippen molar-refractivity contribution in [3.63, 3.8) is 0 Å². The zero-order valence-corrected chi connectivity index (χ0v) is 8.19. The van der Waals surface area contributed by atoms with Crippen molar-refractivity contribution in [2.24, 2.45) is 5.92 Å². The van der Waals surface area contributed by atoms with E-state index in [-0.39, 0.29) is 0 Å². The molecule has 1 atom stereocenters. The van der Waals surface area contributed by atoms with E-state index in [1.54, 1.807) is 0 Å². The van der Waals surface area contributed by atoms with Gasteiger partial charge >= 0.3 is 0 Å². The van der Waals surface area contributed by atoms with Crippen LogP contribution in [0.5, 0.6) is 0 Å².